The summed E-state index contributed by atoms with van der Waals surface area (Å²) in [6.45, 7) is -0.0408. The van der Waals surface area contributed by atoms with E-state index in [2.05, 4.69) is 20.5 Å². The van der Waals surface area contributed by atoms with Crippen molar-refractivity contribution in [3.63, 3.8) is 0 Å². The highest BCUT2D eigenvalue weighted by atomic mass is 19.4. The molecular weight excluding hydrogens is 556 g/mol. The number of ether oxygens (including phenoxy) is 1. The van der Waals surface area contributed by atoms with E-state index in [9.17, 15) is 32.3 Å². The number of hydrogen-bond acceptors (Lipinski definition) is 5. The van der Waals surface area contributed by atoms with Gasteiger partial charge in [-0.2, -0.15) is 9.78 Å². The van der Waals surface area contributed by atoms with Crippen LogP contribution in [0.15, 0.2) is 72.8 Å². The van der Waals surface area contributed by atoms with Gasteiger partial charge >= 0.3 is 12.4 Å². The Labute approximate surface area is 237 Å². The molecule has 3 aromatic carbocycles. The van der Waals surface area contributed by atoms with Crippen molar-refractivity contribution in [3.05, 3.63) is 95.4 Å². The molecule has 4 aromatic rings. The number of hydrogen-bond donors (Lipinski definition) is 3. The van der Waals surface area contributed by atoms with Crippen LogP contribution in [0.2, 0.25) is 0 Å². The van der Waals surface area contributed by atoms with Gasteiger partial charge in [0.2, 0.25) is 0 Å². The molecule has 0 radical (unpaired) electrons. The first-order valence-corrected chi connectivity index (χ1v) is 13.2. The van der Waals surface area contributed by atoms with E-state index in [-0.39, 0.29) is 35.0 Å². The lowest BCUT2D eigenvalue weighted by Gasteiger charge is -2.12. The Morgan fingerprint density at radius 3 is 2.40 bits per heavy atom. The third kappa shape index (κ3) is 6.70. The molecule has 1 aliphatic rings. The van der Waals surface area contributed by atoms with Crippen molar-refractivity contribution in [2.24, 2.45) is 0 Å². The first-order chi connectivity index (χ1) is 20.1. The van der Waals surface area contributed by atoms with Crippen molar-refractivity contribution in [1.82, 2.24) is 15.1 Å². The fourth-order valence-corrected chi connectivity index (χ4v) is 4.92. The lowest BCUT2D eigenvalue weighted by atomic mass is 10.0. The summed E-state index contributed by atoms with van der Waals surface area (Å²) in [7, 11) is 0. The number of rotatable bonds is 7. The molecule has 218 valence electrons. The molecule has 1 heterocycles. The minimum atomic E-state index is -4.85. The topological polar surface area (TPSA) is 105 Å². The molecular formula is C30H26F4N4O4. The minimum absolute atomic E-state index is 0.0408. The Morgan fingerprint density at radius 2 is 1.71 bits per heavy atom. The fraction of sp³-hybridized carbons (Fsp3) is 0.233. The molecule has 0 atom stereocenters. The summed E-state index contributed by atoms with van der Waals surface area (Å²) < 4.78 is 56.4. The van der Waals surface area contributed by atoms with E-state index in [1.807, 2.05) is 0 Å². The van der Waals surface area contributed by atoms with E-state index in [1.165, 1.54) is 41.1 Å². The van der Waals surface area contributed by atoms with E-state index in [0.717, 1.165) is 37.8 Å². The van der Waals surface area contributed by atoms with Crippen LogP contribution < -0.4 is 15.4 Å². The Balaban J connectivity index is 1.37. The molecule has 2 amide bonds. The first kappa shape index (κ1) is 28.7. The molecule has 0 unspecified atom stereocenters. The average Bonchev–Trinajstić information content (AvgIpc) is 3.64. The zero-order valence-corrected chi connectivity index (χ0v) is 22.1. The highest BCUT2D eigenvalue weighted by Gasteiger charge is 2.31. The average molecular weight is 583 g/mol. The first-order valence-electron chi connectivity index (χ1n) is 13.2. The predicted molar refractivity (Wildman–Crippen MR) is 146 cm³/mol. The third-order valence-electron chi connectivity index (χ3n) is 6.97. The van der Waals surface area contributed by atoms with Crippen LogP contribution in [0.1, 0.15) is 53.2 Å². The van der Waals surface area contributed by atoms with Gasteiger partial charge in [-0.05, 0) is 67.4 Å². The van der Waals surface area contributed by atoms with Crippen LogP contribution in [-0.2, 0) is 6.54 Å². The van der Waals surface area contributed by atoms with Gasteiger partial charge in [0.25, 0.3) is 5.91 Å². The summed E-state index contributed by atoms with van der Waals surface area (Å²) in [5, 5.41) is 20.5. The van der Waals surface area contributed by atoms with Gasteiger partial charge in [0.05, 0.1) is 11.4 Å². The largest absolute Gasteiger partial charge is 0.573 e. The number of carbonyl (C=O) groups is 2. The van der Waals surface area contributed by atoms with Crippen LogP contribution in [-0.4, -0.2) is 33.2 Å². The number of aromatic hydroxyl groups is 1. The summed E-state index contributed by atoms with van der Waals surface area (Å²) in [6, 6.07) is 16.0. The van der Waals surface area contributed by atoms with Crippen LogP contribution >= 0.6 is 0 Å². The van der Waals surface area contributed by atoms with Gasteiger partial charge in [-0.1, -0.05) is 31.0 Å². The van der Waals surface area contributed by atoms with Crippen molar-refractivity contribution in [3.8, 4) is 22.8 Å². The molecule has 5 rings (SSSR count). The summed E-state index contributed by atoms with van der Waals surface area (Å²) in [6.07, 6.45) is -1.13. The summed E-state index contributed by atoms with van der Waals surface area (Å²) in [5.41, 5.74) is 1.89. The maximum atomic E-state index is 14.1. The standard InChI is InChI=1S/C30H26F4N4O4/c31-24-8-4-3-7-20(24)17-35-29(41)38-26(18-5-1-2-6-18)16-25(37-38)23-15-21(11-14-27(23)39)36-28(40)19-9-12-22(13-10-19)42-30(32,33)34/h3-4,7-16,18,39H,1-2,5-6,17H2,(H,35,41)(H,36,40). The highest BCUT2D eigenvalue weighted by molar-refractivity contribution is 6.04. The minimum Gasteiger partial charge on any atom is -0.507 e. The fourth-order valence-electron chi connectivity index (χ4n) is 4.92. The van der Waals surface area contributed by atoms with Gasteiger partial charge in [0.15, 0.2) is 0 Å². The molecule has 12 heteroatoms. The second-order valence-corrected chi connectivity index (χ2v) is 9.86. The van der Waals surface area contributed by atoms with E-state index >= 15 is 0 Å². The van der Waals surface area contributed by atoms with Gasteiger partial charge in [0, 0.05) is 34.8 Å². The monoisotopic (exact) mass is 582 g/mol. The van der Waals surface area contributed by atoms with Crippen molar-refractivity contribution < 1.29 is 37.0 Å². The van der Waals surface area contributed by atoms with Gasteiger partial charge in [-0.25, -0.2) is 9.18 Å². The Bertz CT molecular complexity index is 1600. The molecule has 1 fully saturated rings. The Morgan fingerprint density at radius 1 is 1.00 bits per heavy atom. The van der Waals surface area contributed by atoms with E-state index in [4.69, 9.17) is 0 Å². The molecule has 0 bridgehead atoms. The summed E-state index contributed by atoms with van der Waals surface area (Å²) >= 11 is 0. The smallest absolute Gasteiger partial charge is 0.507 e. The van der Waals surface area contributed by atoms with Gasteiger partial charge in [-0.3, -0.25) is 4.79 Å². The number of phenolic OH excluding ortho intramolecular Hbond substituents is 1. The Kier molecular flexibility index (Phi) is 8.14. The van der Waals surface area contributed by atoms with Crippen LogP contribution in [0, 0.1) is 5.82 Å². The molecule has 0 aliphatic heterocycles. The molecule has 0 saturated heterocycles. The molecule has 1 aliphatic carbocycles. The number of carbonyl (C=O) groups excluding carboxylic acids is 2. The zero-order chi connectivity index (χ0) is 29.9. The molecule has 1 aromatic heterocycles. The van der Waals surface area contributed by atoms with Crippen LogP contribution in [0.5, 0.6) is 11.5 Å². The number of alkyl halides is 3. The lowest BCUT2D eigenvalue weighted by molar-refractivity contribution is -0.274. The molecule has 42 heavy (non-hydrogen) atoms. The number of nitrogens with zero attached hydrogens (tertiary/aromatic N) is 2. The van der Waals surface area contributed by atoms with E-state index < -0.39 is 29.9 Å². The van der Waals surface area contributed by atoms with Gasteiger partial charge in [0.1, 0.15) is 17.3 Å². The SMILES string of the molecule is O=C(Nc1ccc(O)c(-c2cc(C3CCCC3)n(C(=O)NCc3ccccc3F)n2)c1)c1ccc(OC(F)(F)F)cc1. The lowest BCUT2D eigenvalue weighted by Crippen LogP contribution is -2.31. The number of benzene rings is 3. The zero-order valence-electron chi connectivity index (χ0n) is 22.1. The number of phenols is 1. The second kappa shape index (κ2) is 11.9. The Hall–Kier alpha value is -4.87. The van der Waals surface area contributed by atoms with Crippen LogP contribution in [0.3, 0.4) is 0 Å². The van der Waals surface area contributed by atoms with Gasteiger partial charge < -0.3 is 20.5 Å². The number of anilines is 1. The van der Waals surface area contributed by atoms with E-state index in [0.29, 0.717) is 17.0 Å². The quantitative estimate of drug-likeness (QED) is 0.161. The van der Waals surface area contributed by atoms with Gasteiger partial charge in [-0.15, -0.1) is 13.2 Å². The van der Waals surface area contributed by atoms with Crippen molar-refractivity contribution in [1.29, 1.82) is 0 Å². The third-order valence-corrected chi connectivity index (χ3v) is 6.97. The van der Waals surface area contributed by atoms with Crippen molar-refractivity contribution >= 4 is 17.6 Å². The molecule has 0 spiro atoms. The molecule has 3 N–H and O–H groups in total. The normalized spacial score (nSPS) is 13.6. The number of halogens is 4. The predicted octanol–water partition coefficient (Wildman–Crippen LogP) is 6.96. The maximum absolute atomic E-state index is 14.1. The second-order valence-electron chi connectivity index (χ2n) is 9.86. The highest BCUT2D eigenvalue weighted by Crippen LogP contribution is 2.38. The maximum Gasteiger partial charge on any atom is 0.573 e. The van der Waals surface area contributed by atoms with E-state index in [1.54, 1.807) is 24.3 Å². The van der Waals surface area contributed by atoms with Crippen LogP contribution in [0.25, 0.3) is 11.3 Å². The summed E-state index contributed by atoms with van der Waals surface area (Å²) in [5.74, 6) is -1.58. The summed E-state index contributed by atoms with van der Waals surface area (Å²) in [4.78, 5) is 25.9. The number of nitrogens with one attached hydrogen (secondary N) is 2. The molecule has 8 nitrogen and oxygen atoms in total. The molecule has 1 saturated carbocycles. The van der Waals surface area contributed by atoms with Crippen molar-refractivity contribution in [2.45, 2.75) is 44.5 Å². The van der Waals surface area contributed by atoms with Crippen molar-refractivity contribution in [2.75, 3.05) is 5.32 Å². The van der Waals surface area contributed by atoms with Crippen LogP contribution in [0.4, 0.5) is 28.0 Å². The number of amides is 2. The number of aromatic nitrogens is 2.